The maximum absolute atomic E-state index is 13.2. The number of ether oxygens (including phenoxy) is 2. The van der Waals surface area contributed by atoms with Crippen molar-refractivity contribution in [3.63, 3.8) is 0 Å². The van der Waals surface area contributed by atoms with Gasteiger partial charge in [0.25, 0.3) is 0 Å². The zero-order valence-corrected chi connectivity index (χ0v) is 25.1. The molecule has 0 amide bonds. The van der Waals surface area contributed by atoms with E-state index in [0.717, 1.165) is 30.3 Å². The highest BCUT2D eigenvalue weighted by molar-refractivity contribution is 14.1. The van der Waals surface area contributed by atoms with Crippen molar-refractivity contribution < 1.29 is 47.2 Å². The van der Waals surface area contributed by atoms with Crippen molar-refractivity contribution in [3.8, 4) is 0 Å². The molecule has 2 bridgehead atoms. The van der Waals surface area contributed by atoms with Gasteiger partial charge in [-0.25, -0.2) is 14.5 Å². The molecule has 6 heterocycles. The Morgan fingerprint density at radius 2 is 1.92 bits per heavy atom. The van der Waals surface area contributed by atoms with E-state index in [-0.39, 0.29) is 13.2 Å². The zero-order chi connectivity index (χ0) is 26.8. The van der Waals surface area contributed by atoms with Crippen molar-refractivity contribution in [3.05, 3.63) is 18.1 Å². The van der Waals surface area contributed by atoms with Crippen molar-refractivity contribution in [2.24, 2.45) is 0 Å². The number of rotatable bonds is 1. The van der Waals surface area contributed by atoms with Crippen LogP contribution in [0, 0.1) is 0 Å². The van der Waals surface area contributed by atoms with Crippen LogP contribution in [0.4, 0.5) is 5.82 Å². The van der Waals surface area contributed by atoms with E-state index in [0.29, 0.717) is 11.5 Å². The molecule has 2 aromatic heterocycles. The fraction of sp³-hybridized carbons (Fsp3) is 0.684. The number of fused-ring (bicyclic) bond motifs is 3. The molecule has 2 unspecified atom stereocenters. The molecule has 3 fully saturated rings. The summed E-state index contributed by atoms with van der Waals surface area (Å²) in [6.45, 7) is -7.97. The molecule has 10 atom stereocenters. The van der Waals surface area contributed by atoms with Gasteiger partial charge in [0.15, 0.2) is 6.23 Å². The fourth-order valence-electron chi connectivity index (χ4n) is 5.02. The summed E-state index contributed by atoms with van der Waals surface area (Å²) in [5, 5.41) is 26.0. The maximum Gasteiger partial charge on any atom is 0.386 e. The maximum atomic E-state index is 13.2. The van der Waals surface area contributed by atoms with Gasteiger partial charge < -0.3 is 39.0 Å². The highest BCUT2D eigenvalue weighted by Gasteiger charge is 2.52. The summed E-state index contributed by atoms with van der Waals surface area (Å²) in [6.07, 6.45) is -3.02. The molecule has 0 aromatic carbocycles. The van der Waals surface area contributed by atoms with Gasteiger partial charge in [0.05, 0.1) is 18.6 Å². The van der Waals surface area contributed by atoms with Crippen molar-refractivity contribution in [1.29, 1.82) is 0 Å². The summed E-state index contributed by atoms with van der Waals surface area (Å²) < 4.78 is 48.1. The average Bonchev–Trinajstić information content (AvgIpc) is 3.39. The number of nitrogens with one attached hydrogen (secondary N) is 1. The van der Waals surface area contributed by atoms with Crippen LogP contribution in [0.2, 0.25) is 0 Å². The van der Waals surface area contributed by atoms with Crippen molar-refractivity contribution in [2.45, 2.75) is 59.8 Å². The van der Waals surface area contributed by atoms with Gasteiger partial charge in [-0.3, -0.25) is 13.6 Å². The van der Waals surface area contributed by atoms with Crippen LogP contribution >= 0.6 is 48.4 Å². The lowest BCUT2D eigenvalue weighted by atomic mass is 10.1. The first kappa shape index (κ1) is 28.2. The second-order valence-electron chi connectivity index (χ2n) is 9.25. The van der Waals surface area contributed by atoms with Crippen LogP contribution in [-0.2, 0) is 50.4 Å². The Kier molecular flexibility index (Phi) is 7.92. The van der Waals surface area contributed by atoms with E-state index in [1.54, 1.807) is 4.57 Å². The Labute approximate surface area is 240 Å². The lowest BCUT2D eigenvalue weighted by Crippen LogP contribution is -2.36. The molecule has 0 aliphatic carbocycles. The molecule has 6 rings (SSSR count). The van der Waals surface area contributed by atoms with Crippen molar-refractivity contribution in [2.75, 3.05) is 25.1 Å². The number of thiol groups is 1. The first-order chi connectivity index (χ1) is 18.0. The molecule has 210 valence electrons. The van der Waals surface area contributed by atoms with E-state index < -0.39 is 60.5 Å². The van der Waals surface area contributed by atoms with Crippen molar-refractivity contribution in [1.82, 2.24) is 14.5 Å². The Balaban J connectivity index is 1.33. The number of aromatic nitrogens is 3. The topological polar surface area (TPSA) is 176 Å². The molecule has 0 saturated carbocycles. The largest absolute Gasteiger partial charge is 0.387 e. The zero-order valence-electron chi connectivity index (χ0n) is 19.5. The van der Waals surface area contributed by atoms with E-state index in [9.17, 15) is 19.7 Å². The third-order valence-corrected chi connectivity index (χ3v) is 11.0. The van der Waals surface area contributed by atoms with Gasteiger partial charge in [-0.15, -0.1) is 0 Å². The third-order valence-electron chi connectivity index (χ3n) is 6.78. The van der Waals surface area contributed by atoms with E-state index in [4.69, 9.17) is 39.4 Å². The number of halogens is 1. The van der Waals surface area contributed by atoms with E-state index in [1.165, 1.54) is 6.33 Å². The predicted octanol–water partition coefficient (Wildman–Crippen LogP) is 1.64. The molecule has 4 aliphatic rings. The van der Waals surface area contributed by atoms with Crippen LogP contribution in [0.3, 0.4) is 0 Å². The summed E-state index contributed by atoms with van der Waals surface area (Å²) in [6, 6.07) is 0. The number of hydrogen-bond acceptors (Lipinski definition) is 13. The molecular weight excluding hydrogens is 697 g/mol. The molecule has 3 saturated heterocycles. The Bertz CT molecular complexity index is 1320. The third kappa shape index (κ3) is 5.33. The lowest BCUT2D eigenvalue weighted by Gasteiger charge is -2.26. The summed E-state index contributed by atoms with van der Waals surface area (Å²) in [5.74, 6) is 0.690. The highest BCUT2D eigenvalue weighted by atomic mass is 127. The SMILES string of the molecule is O=P1(S)OC[C@H]2O[C@@H](I)[C@H](OP(O)(=S)OC[C@H]3O[C@@H](n4cc5c6c(ncnc64)NCCC5)[C@H](O)[C@@H]3O1)[C@@H]2O. The Morgan fingerprint density at radius 1 is 1.13 bits per heavy atom. The van der Waals surface area contributed by atoms with E-state index in [2.05, 4.69) is 27.5 Å². The fourth-order valence-corrected chi connectivity index (χ4v) is 9.11. The van der Waals surface area contributed by atoms with Gasteiger partial charge in [0.1, 0.15) is 58.5 Å². The van der Waals surface area contributed by atoms with Gasteiger partial charge in [-0.2, -0.15) is 0 Å². The number of alkyl halides is 1. The standard InChI is InChI=1S/C19H25IN4O10P2S2/c20-16-15-12(25)9(31-16)5-29-35(27,37)33-14-10(6-30-36(28,38)34-15)32-19(13(14)26)24-4-8-2-1-3-21-17-11(8)18(24)23-7-22-17/h4,7,9-10,12-16,19,25-26H,1-3,5-6H2,(H,27,37)(H,28,38)(H,21,22,23)/t9-,10-,12-,13-,14-,15-,16-,19-,35?,36?/m1/s1. The first-order valence-corrected chi connectivity index (χ1v) is 18.3. The van der Waals surface area contributed by atoms with E-state index >= 15 is 0 Å². The Morgan fingerprint density at radius 3 is 2.74 bits per heavy atom. The monoisotopic (exact) mass is 722 g/mol. The van der Waals surface area contributed by atoms with E-state index in [1.807, 2.05) is 28.8 Å². The second kappa shape index (κ2) is 10.7. The first-order valence-electron chi connectivity index (χ1n) is 11.7. The lowest BCUT2D eigenvalue weighted by molar-refractivity contribution is -0.0502. The molecule has 0 radical (unpaired) electrons. The molecule has 4 N–H and O–H groups in total. The molecular formula is C19H25IN4O10P2S2. The van der Waals surface area contributed by atoms with Gasteiger partial charge >= 0.3 is 13.5 Å². The molecule has 2 aromatic rings. The number of aliphatic hydroxyl groups is 2. The molecule has 14 nitrogen and oxygen atoms in total. The minimum atomic E-state index is -4.10. The minimum Gasteiger partial charge on any atom is -0.387 e. The summed E-state index contributed by atoms with van der Waals surface area (Å²) in [7, 11) is 0. The summed E-state index contributed by atoms with van der Waals surface area (Å²) in [4.78, 5) is 19.5. The summed E-state index contributed by atoms with van der Waals surface area (Å²) in [5.41, 5.74) is 1.52. The van der Waals surface area contributed by atoms with Gasteiger partial charge in [0, 0.05) is 12.7 Å². The van der Waals surface area contributed by atoms with Crippen molar-refractivity contribution >= 4 is 77.0 Å². The average molecular weight is 722 g/mol. The Hall–Kier alpha value is 0.0200. The smallest absolute Gasteiger partial charge is 0.386 e. The summed E-state index contributed by atoms with van der Waals surface area (Å²) >= 11 is 11.1. The van der Waals surface area contributed by atoms with Crippen LogP contribution in [0.5, 0.6) is 0 Å². The number of aliphatic hydroxyl groups excluding tert-OH is 2. The normalized spacial score (nSPS) is 43.9. The van der Waals surface area contributed by atoms with Crippen LogP contribution in [0.1, 0.15) is 18.2 Å². The number of hydrogen-bond donors (Lipinski definition) is 5. The van der Waals surface area contributed by atoms with Gasteiger partial charge in [0.2, 0.25) is 0 Å². The van der Waals surface area contributed by atoms with Crippen LogP contribution in [0.25, 0.3) is 11.0 Å². The van der Waals surface area contributed by atoms with Crippen LogP contribution < -0.4 is 5.32 Å². The number of nitrogens with zero attached hydrogens (tertiary/aromatic N) is 3. The van der Waals surface area contributed by atoms with Gasteiger partial charge in [-0.1, -0.05) is 12.2 Å². The number of anilines is 1. The minimum absolute atomic E-state index is 0.355. The predicted molar refractivity (Wildman–Crippen MR) is 148 cm³/mol. The second-order valence-corrected chi connectivity index (χ2v) is 16.1. The quantitative estimate of drug-likeness (QED) is 0.124. The molecule has 0 spiro atoms. The molecule has 19 heteroatoms. The molecule has 38 heavy (non-hydrogen) atoms. The number of aryl methyl sites for hydroxylation is 1. The molecule has 4 aliphatic heterocycles. The van der Waals surface area contributed by atoms with Crippen LogP contribution in [-0.4, -0.2) is 90.1 Å². The van der Waals surface area contributed by atoms with Crippen LogP contribution in [0.15, 0.2) is 12.5 Å². The highest BCUT2D eigenvalue weighted by Crippen LogP contribution is 2.58. The van der Waals surface area contributed by atoms with Gasteiger partial charge in [-0.05, 0) is 52.8 Å².